The number of ether oxygens (including phenoxy) is 1. The summed E-state index contributed by atoms with van der Waals surface area (Å²) in [5.41, 5.74) is 3.16. The molecule has 2 heterocycles. The lowest BCUT2D eigenvalue weighted by molar-refractivity contribution is 0.179. The number of benzene rings is 2. The van der Waals surface area contributed by atoms with E-state index >= 15 is 0 Å². The number of halogens is 2. The number of fused-ring (bicyclic) bond motifs is 4. The third kappa shape index (κ3) is 2.94. The highest BCUT2D eigenvalue weighted by molar-refractivity contribution is 6.42. The van der Waals surface area contributed by atoms with Crippen molar-refractivity contribution < 1.29 is 9.53 Å². The predicted octanol–water partition coefficient (Wildman–Crippen LogP) is 5.30. The number of anilines is 1. The maximum absolute atomic E-state index is 12.9. The van der Waals surface area contributed by atoms with E-state index in [1.54, 1.807) is 25.3 Å². The fourth-order valence-electron chi connectivity index (χ4n) is 3.92. The first-order valence-corrected chi connectivity index (χ1v) is 9.03. The fourth-order valence-corrected chi connectivity index (χ4v) is 4.22. The summed E-state index contributed by atoms with van der Waals surface area (Å²) in [5, 5.41) is 3.86. The molecule has 4 nitrogen and oxygen atoms in total. The van der Waals surface area contributed by atoms with Crippen LogP contribution in [0.15, 0.2) is 36.4 Å². The number of nitrogens with zero attached hydrogens (tertiary/aromatic N) is 1. The van der Waals surface area contributed by atoms with Gasteiger partial charge in [0.05, 0.1) is 23.2 Å². The average molecular weight is 377 g/mol. The highest BCUT2D eigenvalue weighted by Crippen LogP contribution is 2.44. The number of amides is 2. The molecule has 2 aliphatic rings. The highest BCUT2D eigenvalue weighted by atomic mass is 35.5. The molecular formula is C19H18Cl2N2O2. The van der Waals surface area contributed by atoms with Crippen LogP contribution in [-0.2, 0) is 6.42 Å². The second-order valence-corrected chi connectivity index (χ2v) is 7.30. The molecular weight excluding hydrogens is 359 g/mol. The van der Waals surface area contributed by atoms with Crippen molar-refractivity contribution in [3.63, 3.8) is 0 Å². The van der Waals surface area contributed by atoms with E-state index in [0.717, 1.165) is 25.0 Å². The number of carbonyl (C=O) groups is 1. The zero-order chi connectivity index (χ0) is 17.6. The molecule has 25 heavy (non-hydrogen) atoms. The Morgan fingerprint density at radius 3 is 2.76 bits per heavy atom. The number of carbonyl (C=O) groups excluding carboxylic acids is 1. The van der Waals surface area contributed by atoms with E-state index in [1.807, 2.05) is 11.0 Å². The SMILES string of the molecule is COc1ccc2c(c1)C[C@@H]1CC[C@H]2N1C(=O)Nc1ccc(Cl)c(Cl)c1. The Kier molecular flexibility index (Phi) is 4.26. The van der Waals surface area contributed by atoms with Gasteiger partial charge in [-0.2, -0.15) is 0 Å². The number of rotatable bonds is 2. The smallest absolute Gasteiger partial charge is 0.322 e. The third-order valence-corrected chi connectivity index (χ3v) is 5.81. The summed E-state index contributed by atoms with van der Waals surface area (Å²) in [6.07, 6.45) is 2.85. The van der Waals surface area contributed by atoms with Gasteiger partial charge in [0.1, 0.15) is 5.75 Å². The fraction of sp³-hybridized carbons (Fsp3) is 0.316. The van der Waals surface area contributed by atoms with Crippen LogP contribution in [0.25, 0.3) is 0 Å². The van der Waals surface area contributed by atoms with Gasteiger partial charge in [-0.15, -0.1) is 0 Å². The molecule has 0 aliphatic carbocycles. The quantitative estimate of drug-likeness (QED) is 0.772. The molecule has 1 fully saturated rings. The molecule has 2 aromatic carbocycles. The number of methoxy groups -OCH3 is 1. The Hall–Kier alpha value is -1.91. The van der Waals surface area contributed by atoms with Crippen LogP contribution in [0.1, 0.15) is 30.0 Å². The third-order valence-electron chi connectivity index (χ3n) is 5.07. The molecule has 0 radical (unpaired) electrons. The van der Waals surface area contributed by atoms with E-state index in [1.165, 1.54) is 11.1 Å². The molecule has 0 spiro atoms. The van der Waals surface area contributed by atoms with Crippen LogP contribution in [0.4, 0.5) is 10.5 Å². The van der Waals surface area contributed by atoms with Crippen LogP contribution in [0, 0.1) is 0 Å². The maximum atomic E-state index is 12.9. The largest absolute Gasteiger partial charge is 0.497 e. The van der Waals surface area contributed by atoms with Crippen LogP contribution in [0.5, 0.6) is 5.75 Å². The minimum Gasteiger partial charge on any atom is -0.497 e. The molecule has 2 amide bonds. The molecule has 4 rings (SSSR count). The van der Waals surface area contributed by atoms with Gasteiger partial charge in [-0.05, 0) is 60.7 Å². The Morgan fingerprint density at radius 1 is 1.16 bits per heavy atom. The molecule has 2 aromatic rings. The number of urea groups is 1. The van der Waals surface area contributed by atoms with Gasteiger partial charge in [0, 0.05) is 11.7 Å². The average Bonchev–Trinajstić information content (AvgIpc) is 2.93. The summed E-state index contributed by atoms with van der Waals surface area (Å²) in [4.78, 5) is 14.8. The molecule has 0 aromatic heterocycles. The minimum atomic E-state index is -0.0904. The van der Waals surface area contributed by atoms with E-state index in [4.69, 9.17) is 27.9 Å². The molecule has 1 N–H and O–H groups in total. The van der Waals surface area contributed by atoms with Crippen LogP contribution in [0.3, 0.4) is 0 Å². The maximum Gasteiger partial charge on any atom is 0.322 e. The summed E-state index contributed by atoms with van der Waals surface area (Å²) < 4.78 is 5.33. The number of hydrogen-bond acceptors (Lipinski definition) is 2. The van der Waals surface area contributed by atoms with Gasteiger partial charge in [0.25, 0.3) is 0 Å². The molecule has 0 unspecified atom stereocenters. The minimum absolute atomic E-state index is 0.0904. The zero-order valence-electron chi connectivity index (χ0n) is 13.8. The van der Waals surface area contributed by atoms with E-state index in [-0.39, 0.29) is 18.1 Å². The van der Waals surface area contributed by atoms with Gasteiger partial charge in [0.15, 0.2) is 0 Å². The Balaban J connectivity index is 1.58. The predicted molar refractivity (Wildman–Crippen MR) is 99.8 cm³/mol. The van der Waals surface area contributed by atoms with E-state index in [2.05, 4.69) is 17.4 Å². The van der Waals surface area contributed by atoms with Gasteiger partial charge in [-0.3, -0.25) is 0 Å². The second kappa shape index (κ2) is 6.43. The monoisotopic (exact) mass is 376 g/mol. The van der Waals surface area contributed by atoms with Crippen molar-refractivity contribution >= 4 is 34.9 Å². The summed E-state index contributed by atoms with van der Waals surface area (Å²) in [5.74, 6) is 0.867. The van der Waals surface area contributed by atoms with Gasteiger partial charge < -0.3 is 15.0 Å². The van der Waals surface area contributed by atoms with Gasteiger partial charge in [0.2, 0.25) is 0 Å². The topological polar surface area (TPSA) is 41.6 Å². The summed E-state index contributed by atoms with van der Waals surface area (Å²) in [6.45, 7) is 0. The molecule has 0 saturated carbocycles. The molecule has 6 heteroatoms. The van der Waals surface area contributed by atoms with Crippen LogP contribution < -0.4 is 10.1 Å². The van der Waals surface area contributed by atoms with Crippen molar-refractivity contribution in [1.82, 2.24) is 4.90 Å². The molecule has 2 bridgehead atoms. The lowest BCUT2D eigenvalue weighted by atomic mass is 9.93. The van der Waals surface area contributed by atoms with Crippen molar-refractivity contribution in [2.24, 2.45) is 0 Å². The van der Waals surface area contributed by atoms with Crippen LogP contribution >= 0.6 is 23.2 Å². The summed E-state index contributed by atoms with van der Waals surface area (Å²) >= 11 is 12.0. The van der Waals surface area contributed by atoms with Crippen molar-refractivity contribution in [3.05, 3.63) is 57.6 Å². The lowest BCUT2D eigenvalue weighted by Gasteiger charge is -2.36. The van der Waals surface area contributed by atoms with Crippen molar-refractivity contribution in [2.45, 2.75) is 31.3 Å². The van der Waals surface area contributed by atoms with Crippen molar-refractivity contribution in [1.29, 1.82) is 0 Å². The van der Waals surface area contributed by atoms with Gasteiger partial charge in [-0.1, -0.05) is 29.3 Å². The van der Waals surface area contributed by atoms with Gasteiger partial charge >= 0.3 is 6.03 Å². The van der Waals surface area contributed by atoms with E-state index < -0.39 is 0 Å². The standard InChI is InChI=1S/C19H18Cl2N2O2/c1-25-14-4-5-15-11(9-14)8-13-3-7-18(15)23(13)19(24)22-12-2-6-16(20)17(21)10-12/h2,4-6,9-10,13,18H,3,7-8H2,1H3,(H,22,24)/t13-,18+/m0/s1. The Labute approximate surface area is 156 Å². The summed E-state index contributed by atoms with van der Waals surface area (Å²) in [7, 11) is 1.68. The normalized spacial score (nSPS) is 21.0. The van der Waals surface area contributed by atoms with Crippen LogP contribution in [0.2, 0.25) is 10.0 Å². The van der Waals surface area contributed by atoms with E-state index in [0.29, 0.717) is 15.7 Å². The first-order chi connectivity index (χ1) is 12.1. The second-order valence-electron chi connectivity index (χ2n) is 6.48. The first-order valence-electron chi connectivity index (χ1n) is 8.28. The lowest BCUT2D eigenvalue weighted by Crippen LogP contribution is -2.44. The number of nitrogens with one attached hydrogen (secondary N) is 1. The Morgan fingerprint density at radius 2 is 2.00 bits per heavy atom. The molecule has 1 saturated heterocycles. The Bertz CT molecular complexity index is 840. The van der Waals surface area contributed by atoms with E-state index in [9.17, 15) is 4.79 Å². The van der Waals surface area contributed by atoms with Crippen LogP contribution in [-0.4, -0.2) is 24.1 Å². The van der Waals surface area contributed by atoms with Crippen molar-refractivity contribution in [2.75, 3.05) is 12.4 Å². The number of hydrogen-bond donors (Lipinski definition) is 1. The van der Waals surface area contributed by atoms with Crippen molar-refractivity contribution in [3.8, 4) is 5.75 Å². The molecule has 130 valence electrons. The summed E-state index contributed by atoms with van der Waals surface area (Å²) in [6, 6.07) is 11.5. The highest BCUT2D eigenvalue weighted by Gasteiger charge is 2.42. The van der Waals surface area contributed by atoms with Gasteiger partial charge in [-0.25, -0.2) is 4.79 Å². The molecule has 2 atom stereocenters. The zero-order valence-corrected chi connectivity index (χ0v) is 15.3. The first kappa shape index (κ1) is 16.6. The molecule has 2 aliphatic heterocycles.